The summed E-state index contributed by atoms with van der Waals surface area (Å²) in [5.74, 6) is 0.434. The van der Waals surface area contributed by atoms with Crippen LogP contribution in [0, 0.1) is 11.8 Å². The van der Waals surface area contributed by atoms with Gasteiger partial charge in [0.2, 0.25) is 11.8 Å². The van der Waals surface area contributed by atoms with Crippen molar-refractivity contribution in [3.05, 3.63) is 0 Å². The van der Waals surface area contributed by atoms with Crippen LogP contribution in [0.5, 0.6) is 0 Å². The van der Waals surface area contributed by atoms with E-state index in [0.717, 1.165) is 12.8 Å². The molecular formula is C14H22N2O4. The van der Waals surface area contributed by atoms with E-state index in [4.69, 9.17) is 0 Å². The quantitative estimate of drug-likeness (QED) is 0.695. The van der Waals surface area contributed by atoms with E-state index in [1.165, 1.54) is 0 Å². The zero-order valence-corrected chi connectivity index (χ0v) is 11.6. The molecule has 112 valence electrons. The molecule has 1 aliphatic carbocycles. The lowest BCUT2D eigenvalue weighted by Crippen LogP contribution is -2.44. The molecule has 0 bridgehead atoms. The molecule has 3 fully saturated rings. The molecule has 2 N–H and O–H groups in total. The van der Waals surface area contributed by atoms with Gasteiger partial charge in [0.05, 0.1) is 12.2 Å². The summed E-state index contributed by atoms with van der Waals surface area (Å²) in [6, 6.07) is 0. The van der Waals surface area contributed by atoms with Crippen LogP contribution in [0.25, 0.3) is 0 Å². The fourth-order valence-corrected chi connectivity index (χ4v) is 3.14. The van der Waals surface area contributed by atoms with E-state index in [2.05, 4.69) is 0 Å². The van der Waals surface area contributed by atoms with Crippen LogP contribution in [0.2, 0.25) is 0 Å². The molecule has 0 aromatic heterocycles. The Hall–Kier alpha value is -1.14. The summed E-state index contributed by atoms with van der Waals surface area (Å²) in [4.78, 5) is 27.7. The van der Waals surface area contributed by atoms with Gasteiger partial charge in [-0.15, -0.1) is 0 Å². The molecule has 0 aromatic carbocycles. The second-order valence-corrected chi connectivity index (χ2v) is 6.25. The maximum Gasteiger partial charge on any atom is 0.225 e. The number of nitrogens with zero attached hydrogens (tertiary/aromatic N) is 2. The molecule has 6 heteroatoms. The molecule has 2 amide bonds. The first-order valence-corrected chi connectivity index (χ1v) is 7.50. The normalized spacial score (nSPS) is 31.7. The lowest BCUT2D eigenvalue weighted by atomic mass is 9.95. The maximum atomic E-state index is 12.3. The molecule has 2 atom stereocenters. The molecular weight excluding hydrogens is 260 g/mol. The van der Waals surface area contributed by atoms with E-state index in [1.54, 1.807) is 4.90 Å². The van der Waals surface area contributed by atoms with Crippen molar-refractivity contribution >= 4 is 11.8 Å². The Balaban J connectivity index is 1.50. The Bertz CT molecular complexity index is 392. The van der Waals surface area contributed by atoms with Crippen LogP contribution in [0.15, 0.2) is 0 Å². The number of piperidine rings is 1. The summed E-state index contributed by atoms with van der Waals surface area (Å²) in [5, 5.41) is 19.0. The lowest BCUT2D eigenvalue weighted by molar-refractivity contribution is -0.140. The summed E-state index contributed by atoms with van der Waals surface area (Å²) in [7, 11) is 0. The Labute approximate surface area is 118 Å². The molecule has 0 radical (unpaired) electrons. The predicted octanol–water partition coefficient (Wildman–Crippen LogP) is -0.801. The monoisotopic (exact) mass is 282 g/mol. The first-order chi connectivity index (χ1) is 9.56. The Kier molecular flexibility index (Phi) is 3.69. The fraction of sp³-hybridized carbons (Fsp3) is 0.857. The van der Waals surface area contributed by atoms with E-state index in [1.807, 2.05) is 4.90 Å². The van der Waals surface area contributed by atoms with Crippen molar-refractivity contribution in [2.24, 2.45) is 11.8 Å². The minimum absolute atomic E-state index is 0.0131. The van der Waals surface area contributed by atoms with E-state index in [0.29, 0.717) is 25.9 Å². The largest absolute Gasteiger partial charge is 0.388 e. The number of aliphatic hydroxyl groups is 2. The topological polar surface area (TPSA) is 81.1 Å². The van der Waals surface area contributed by atoms with Crippen molar-refractivity contribution in [2.75, 3.05) is 26.2 Å². The number of carbonyl (C=O) groups is 2. The number of carbonyl (C=O) groups excluding carboxylic acids is 2. The highest BCUT2D eigenvalue weighted by Crippen LogP contribution is 2.32. The SMILES string of the molecule is O=C(C1CC1)N1CCC(C(=O)N2C[C@@H](O)[C@@H](O)C2)CC1. The summed E-state index contributed by atoms with van der Waals surface area (Å²) < 4.78 is 0. The molecule has 0 spiro atoms. The number of β-amino-alcohol motifs (C(OH)–C–C–N with tert-alkyl or cyclic N) is 2. The standard InChI is InChI=1S/C14H22N2O4/c17-11-7-16(8-12(11)18)14(20)10-3-5-15(6-4-10)13(19)9-1-2-9/h9-12,17-18H,1-8H2/t11-,12+. The van der Waals surface area contributed by atoms with Crippen molar-refractivity contribution in [1.82, 2.24) is 9.80 Å². The second kappa shape index (κ2) is 5.33. The van der Waals surface area contributed by atoms with Gasteiger partial charge in [0.1, 0.15) is 0 Å². The van der Waals surface area contributed by atoms with Gasteiger partial charge in [-0.05, 0) is 25.7 Å². The van der Waals surface area contributed by atoms with Gasteiger partial charge in [-0.25, -0.2) is 0 Å². The molecule has 1 saturated carbocycles. The molecule has 0 unspecified atom stereocenters. The Morgan fingerprint density at radius 1 is 0.750 bits per heavy atom. The number of likely N-dealkylation sites (tertiary alicyclic amines) is 2. The van der Waals surface area contributed by atoms with Crippen LogP contribution >= 0.6 is 0 Å². The molecule has 6 nitrogen and oxygen atoms in total. The first-order valence-electron chi connectivity index (χ1n) is 7.50. The van der Waals surface area contributed by atoms with Crippen molar-refractivity contribution in [2.45, 2.75) is 37.9 Å². The van der Waals surface area contributed by atoms with Crippen LogP contribution in [-0.4, -0.2) is 70.2 Å². The van der Waals surface area contributed by atoms with Gasteiger partial charge in [-0.3, -0.25) is 9.59 Å². The molecule has 2 heterocycles. The van der Waals surface area contributed by atoms with Gasteiger partial charge >= 0.3 is 0 Å². The molecule has 2 aliphatic heterocycles. The lowest BCUT2D eigenvalue weighted by Gasteiger charge is -2.33. The maximum absolute atomic E-state index is 12.3. The van der Waals surface area contributed by atoms with Crippen LogP contribution in [0.1, 0.15) is 25.7 Å². The third kappa shape index (κ3) is 2.67. The van der Waals surface area contributed by atoms with Crippen molar-refractivity contribution < 1.29 is 19.8 Å². The van der Waals surface area contributed by atoms with Crippen LogP contribution in [-0.2, 0) is 9.59 Å². The smallest absolute Gasteiger partial charge is 0.225 e. The van der Waals surface area contributed by atoms with E-state index in [-0.39, 0.29) is 36.7 Å². The van der Waals surface area contributed by atoms with Crippen LogP contribution < -0.4 is 0 Å². The average Bonchev–Trinajstić information content (AvgIpc) is 3.24. The number of hydrogen-bond donors (Lipinski definition) is 2. The van der Waals surface area contributed by atoms with Crippen molar-refractivity contribution in [3.8, 4) is 0 Å². The summed E-state index contributed by atoms with van der Waals surface area (Å²) >= 11 is 0. The molecule has 20 heavy (non-hydrogen) atoms. The van der Waals surface area contributed by atoms with Gasteiger partial charge in [-0.2, -0.15) is 0 Å². The van der Waals surface area contributed by atoms with E-state index in [9.17, 15) is 19.8 Å². The summed E-state index contributed by atoms with van der Waals surface area (Å²) in [6.45, 7) is 1.76. The number of hydrogen-bond acceptors (Lipinski definition) is 4. The minimum atomic E-state index is -0.824. The van der Waals surface area contributed by atoms with Gasteiger partial charge in [0.15, 0.2) is 0 Å². The molecule has 3 aliphatic rings. The Morgan fingerprint density at radius 2 is 1.20 bits per heavy atom. The minimum Gasteiger partial charge on any atom is -0.388 e. The van der Waals surface area contributed by atoms with Crippen LogP contribution in [0.4, 0.5) is 0 Å². The second-order valence-electron chi connectivity index (χ2n) is 6.25. The zero-order valence-electron chi connectivity index (χ0n) is 11.6. The van der Waals surface area contributed by atoms with E-state index < -0.39 is 12.2 Å². The highest BCUT2D eigenvalue weighted by atomic mass is 16.3. The van der Waals surface area contributed by atoms with Crippen LogP contribution in [0.3, 0.4) is 0 Å². The third-order valence-electron chi connectivity index (χ3n) is 4.65. The van der Waals surface area contributed by atoms with Crippen molar-refractivity contribution in [1.29, 1.82) is 0 Å². The third-order valence-corrected chi connectivity index (χ3v) is 4.65. The molecule has 0 aromatic rings. The molecule has 2 saturated heterocycles. The number of aliphatic hydroxyl groups excluding tert-OH is 2. The van der Waals surface area contributed by atoms with Gasteiger partial charge in [0.25, 0.3) is 0 Å². The Morgan fingerprint density at radius 3 is 1.70 bits per heavy atom. The highest BCUT2D eigenvalue weighted by Gasteiger charge is 2.39. The summed E-state index contributed by atoms with van der Waals surface area (Å²) in [6.07, 6.45) is 1.77. The number of amides is 2. The first kappa shape index (κ1) is 13.8. The zero-order chi connectivity index (χ0) is 14.3. The average molecular weight is 282 g/mol. The van der Waals surface area contributed by atoms with Gasteiger partial charge < -0.3 is 20.0 Å². The highest BCUT2D eigenvalue weighted by molar-refractivity contribution is 5.82. The number of rotatable bonds is 2. The summed E-state index contributed by atoms with van der Waals surface area (Å²) in [5.41, 5.74) is 0. The fourth-order valence-electron chi connectivity index (χ4n) is 3.14. The molecule has 3 rings (SSSR count). The van der Waals surface area contributed by atoms with Gasteiger partial charge in [-0.1, -0.05) is 0 Å². The van der Waals surface area contributed by atoms with Gasteiger partial charge in [0, 0.05) is 38.0 Å². The van der Waals surface area contributed by atoms with E-state index >= 15 is 0 Å². The predicted molar refractivity (Wildman–Crippen MR) is 70.6 cm³/mol. The van der Waals surface area contributed by atoms with Crippen molar-refractivity contribution in [3.63, 3.8) is 0 Å².